The first-order chi connectivity index (χ1) is 20.4. The first-order valence-corrected chi connectivity index (χ1v) is 14.9. The monoisotopic (exact) mass is 597 g/mol. The number of nitrogens with zero attached hydrogens (tertiary/aromatic N) is 7. The third-order valence-corrected chi connectivity index (χ3v) is 8.13. The Bertz CT molecular complexity index is 1330. The fourth-order valence-corrected chi connectivity index (χ4v) is 6.05. The molecule has 0 radical (unpaired) electrons. The number of likely N-dealkylation sites (N-methyl/N-ethyl adjacent to an activating group) is 1. The lowest BCUT2D eigenvalue weighted by molar-refractivity contribution is 0.0132. The minimum Gasteiger partial charge on any atom is -0.462 e. The fraction of sp³-hybridized carbons (Fsp3) is 0.613. The molecule has 1 aromatic carbocycles. The number of amides is 1. The number of nitriles is 1. The number of anilines is 1. The summed E-state index contributed by atoms with van der Waals surface area (Å²) in [6, 6.07) is 11.8. The van der Waals surface area contributed by atoms with Crippen LogP contribution in [-0.4, -0.2) is 101 Å². The number of hydrogen-bond donors (Lipinski definition) is 0. The van der Waals surface area contributed by atoms with Gasteiger partial charge in [-0.25, -0.2) is 13.6 Å². The van der Waals surface area contributed by atoms with Crippen molar-refractivity contribution in [2.75, 3.05) is 51.3 Å². The van der Waals surface area contributed by atoms with E-state index in [1.54, 1.807) is 16.8 Å². The molecule has 1 unspecified atom stereocenters. The Morgan fingerprint density at radius 1 is 1.14 bits per heavy atom. The molecule has 2 fully saturated rings. The van der Waals surface area contributed by atoms with Crippen LogP contribution in [0.2, 0.25) is 0 Å². The molecule has 3 aliphatic rings. The Balaban J connectivity index is 1.39. The lowest BCUT2D eigenvalue weighted by atomic mass is 10.0. The van der Waals surface area contributed by atoms with Gasteiger partial charge in [0.05, 0.1) is 30.8 Å². The van der Waals surface area contributed by atoms with Crippen LogP contribution >= 0.6 is 0 Å². The van der Waals surface area contributed by atoms with E-state index in [0.717, 1.165) is 36.6 Å². The van der Waals surface area contributed by atoms with Crippen molar-refractivity contribution >= 4 is 11.9 Å². The number of halogens is 2. The molecule has 43 heavy (non-hydrogen) atoms. The van der Waals surface area contributed by atoms with Crippen LogP contribution in [0.1, 0.15) is 50.4 Å². The van der Waals surface area contributed by atoms with Crippen LogP contribution in [0.15, 0.2) is 30.3 Å². The Kier molecular flexibility index (Phi) is 9.04. The number of piperazine rings is 1. The molecule has 0 spiro atoms. The Morgan fingerprint density at radius 3 is 2.58 bits per heavy atom. The van der Waals surface area contributed by atoms with Crippen molar-refractivity contribution < 1.29 is 23.0 Å². The van der Waals surface area contributed by atoms with Crippen molar-refractivity contribution in [3.63, 3.8) is 0 Å². The second-order valence-electron chi connectivity index (χ2n) is 12.8. The lowest BCUT2D eigenvalue weighted by Crippen LogP contribution is -2.56. The number of benzene rings is 1. The molecule has 3 aliphatic heterocycles. The average molecular weight is 598 g/mol. The van der Waals surface area contributed by atoms with E-state index in [1.165, 1.54) is 5.56 Å². The highest BCUT2D eigenvalue weighted by atomic mass is 19.3. The van der Waals surface area contributed by atoms with Gasteiger partial charge in [-0.1, -0.05) is 30.3 Å². The average Bonchev–Trinajstić information content (AvgIpc) is 3.21. The molecular weight excluding hydrogens is 556 g/mol. The van der Waals surface area contributed by atoms with Crippen molar-refractivity contribution in [1.82, 2.24) is 24.7 Å². The number of alkyl halides is 2. The molecule has 2 saturated heterocycles. The molecule has 0 bridgehead atoms. The van der Waals surface area contributed by atoms with Crippen molar-refractivity contribution in [1.29, 1.82) is 5.26 Å². The zero-order chi connectivity index (χ0) is 30.8. The number of carbonyl (C=O) groups is 1. The first-order valence-electron chi connectivity index (χ1n) is 14.9. The second kappa shape index (κ2) is 12.6. The second-order valence-corrected chi connectivity index (χ2v) is 12.8. The van der Waals surface area contributed by atoms with Gasteiger partial charge in [0.15, 0.2) is 0 Å². The van der Waals surface area contributed by atoms with Crippen molar-refractivity contribution in [2.45, 2.75) is 76.7 Å². The molecule has 2 atom stereocenters. The predicted octanol–water partition coefficient (Wildman–Crippen LogP) is 4.09. The summed E-state index contributed by atoms with van der Waals surface area (Å²) >= 11 is 0. The predicted molar refractivity (Wildman–Crippen MR) is 157 cm³/mol. The highest BCUT2D eigenvalue weighted by Gasteiger charge is 2.43. The summed E-state index contributed by atoms with van der Waals surface area (Å²) < 4.78 is 39.6. The quantitative estimate of drug-likeness (QED) is 0.468. The van der Waals surface area contributed by atoms with Gasteiger partial charge in [0.2, 0.25) is 0 Å². The van der Waals surface area contributed by atoms with Crippen LogP contribution in [-0.2, 0) is 24.2 Å². The molecule has 1 amide bonds. The van der Waals surface area contributed by atoms with Gasteiger partial charge in [-0.3, -0.25) is 9.80 Å². The molecule has 4 heterocycles. The van der Waals surface area contributed by atoms with Crippen molar-refractivity contribution in [2.24, 2.45) is 0 Å². The van der Waals surface area contributed by atoms with Crippen LogP contribution in [0.25, 0.3) is 0 Å². The first kappa shape index (κ1) is 30.9. The Hall–Kier alpha value is -3.56. The van der Waals surface area contributed by atoms with Gasteiger partial charge in [0, 0.05) is 57.3 Å². The number of likely N-dealkylation sites (tertiary alicyclic amines) is 1. The molecule has 2 aromatic rings. The van der Waals surface area contributed by atoms with Crippen LogP contribution in [0, 0.1) is 11.3 Å². The maximum Gasteiger partial charge on any atom is 0.410 e. The fourth-order valence-electron chi connectivity index (χ4n) is 6.05. The summed E-state index contributed by atoms with van der Waals surface area (Å²) in [7, 11) is 1.68. The highest BCUT2D eigenvalue weighted by molar-refractivity contribution is 5.69. The Morgan fingerprint density at radius 2 is 1.91 bits per heavy atom. The molecule has 1 aromatic heterocycles. The maximum absolute atomic E-state index is 14.0. The summed E-state index contributed by atoms with van der Waals surface area (Å²) in [4.78, 5) is 30.2. The van der Waals surface area contributed by atoms with E-state index < -0.39 is 23.7 Å². The number of carbonyl (C=O) groups excluding carboxylic acids is 1. The van der Waals surface area contributed by atoms with E-state index in [-0.39, 0.29) is 38.0 Å². The van der Waals surface area contributed by atoms with Crippen molar-refractivity contribution in [3.05, 3.63) is 47.2 Å². The standard InChI is InChI=1S/C31H41F2N7O3/c1-30(2,3)43-29(41)40-15-14-39(18-23(40)10-12-34)27-25-11-13-38(17-22-8-6-5-7-9-22)19-26(25)35-28(36-27)42-20-24-16-31(32,33)21-37(24)4/h5-9,23-24H,10-11,13-21H2,1-4H3/t23?,24-/m0/s1. The molecule has 232 valence electrons. The van der Waals surface area contributed by atoms with Crippen LogP contribution in [0.3, 0.4) is 0 Å². The largest absolute Gasteiger partial charge is 0.462 e. The molecular formula is C31H41F2N7O3. The van der Waals surface area contributed by atoms with Gasteiger partial charge < -0.3 is 19.3 Å². The molecule has 10 nitrogen and oxygen atoms in total. The van der Waals surface area contributed by atoms with Crippen LogP contribution in [0.5, 0.6) is 6.01 Å². The van der Waals surface area contributed by atoms with Gasteiger partial charge in [0.25, 0.3) is 5.92 Å². The number of rotatable bonds is 7. The summed E-state index contributed by atoms with van der Waals surface area (Å²) in [5.41, 5.74) is 2.42. The number of ether oxygens (including phenoxy) is 2. The van der Waals surface area contributed by atoms with Crippen LogP contribution in [0.4, 0.5) is 19.4 Å². The summed E-state index contributed by atoms with van der Waals surface area (Å²) in [5.74, 6) is -2.03. The zero-order valence-corrected chi connectivity index (χ0v) is 25.4. The van der Waals surface area contributed by atoms with Gasteiger partial charge in [0.1, 0.15) is 18.0 Å². The number of hydrogen-bond acceptors (Lipinski definition) is 9. The summed E-state index contributed by atoms with van der Waals surface area (Å²) in [6.07, 6.45) is 0.175. The van der Waals surface area contributed by atoms with E-state index in [9.17, 15) is 18.8 Å². The number of aromatic nitrogens is 2. The maximum atomic E-state index is 14.0. The van der Waals surface area contributed by atoms with E-state index >= 15 is 0 Å². The SMILES string of the molecule is CN1CC(F)(F)C[C@H]1COc1nc2c(c(N3CCN(C(=O)OC(C)(C)C)C(CC#N)C3)n1)CCN(Cc1ccccc1)C2. The normalized spacial score (nSPS) is 22.6. The van der Waals surface area contributed by atoms with Gasteiger partial charge in [-0.05, 0) is 39.8 Å². The van der Waals surface area contributed by atoms with Gasteiger partial charge in [-0.2, -0.15) is 15.2 Å². The van der Waals surface area contributed by atoms with E-state index in [1.807, 2.05) is 39.0 Å². The molecule has 5 rings (SSSR count). The Labute approximate surface area is 252 Å². The molecule has 12 heteroatoms. The molecule has 0 aliphatic carbocycles. The third kappa shape index (κ3) is 7.70. The smallest absolute Gasteiger partial charge is 0.410 e. The van der Waals surface area contributed by atoms with E-state index in [0.29, 0.717) is 26.2 Å². The van der Waals surface area contributed by atoms with E-state index in [4.69, 9.17) is 19.4 Å². The molecule has 0 saturated carbocycles. The number of fused-ring (bicyclic) bond motifs is 1. The minimum atomic E-state index is -2.74. The van der Waals surface area contributed by atoms with Crippen LogP contribution < -0.4 is 9.64 Å². The third-order valence-electron chi connectivity index (χ3n) is 8.13. The zero-order valence-electron chi connectivity index (χ0n) is 25.4. The molecule has 0 N–H and O–H groups in total. The summed E-state index contributed by atoms with van der Waals surface area (Å²) in [6.45, 7) is 8.68. The van der Waals surface area contributed by atoms with E-state index in [2.05, 4.69) is 28.0 Å². The highest BCUT2D eigenvalue weighted by Crippen LogP contribution is 2.33. The van der Waals surface area contributed by atoms with Gasteiger partial charge >= 0.3 is 12.1 Å². The van der Waals surface area contributed by atoms with Gasteiger partial charge in [-0.15, -0.1) is 0 Å². The lowest BCUT2D eigenvalue weighted by Gasteiger charge is -2.42. The topological polar surface area (TPSA) is 98.1 Å². The minimum absolute atomic E-state index is 0.0571. The summed E-state index contributed by atoms with van der Waals surface area (Å²) in [5, 5.41) is 9.57. The van der Waals surface area contributed by atoms with Crippen molar-refractivity contribution in [3.8, 4) is 12.1 Å².